The number of rotatable bonds is 7. The van der Waals surface area contributed by atoms with Gasteiger partial charge in [-0.05, 0) is 54.8 Å². The number of carbonyl (C=O) groups excluding carboxylic acids is 1. The van der Waals surface area contributed by atoms with Gasteiger partial charge in [-0.3, -0.25) is 4.79 Å². The molecule has 0 radical (unpaired) electrons. The van der Waals surface area contributed by atoms with Crippen molar-refractivity contribution in [1.82, 2.24) is 10.3 Å². The minimum absolute atomic E-state index is 0.108. The van der Waals surface area contributed by atoms with E-state index in [2.05, 4.69) is 10.3 Å². The summed E-state index contributed by atoms with van der Waals surface area (Å²) in [6.45, 7) is 0.987. The average Bonchev–Trinajstić information content (AvgIpc) is 3.57. The van der Waals surface area contributed by atoms with Gasteiger partial charge in [0.25, 0.3) is 5.91 Å². The molecule has 0 atom stereocenters. The normalized spacial score (nSPS) is 16.5. The van der Waals surface area contributed by atoms with Crippen LogP contribution in [0.3, 0.4) is 0 Å². The summed E-state index contributed by atoms with van der Waals surface area (Å²) in [4.78, 5) is 30.4. The molecule has 1 saturated carbocycles. The lowest BCUT2D eigenvalue weighted by molar-refractivity contribution is 0.0696. The molecule has 2 aromatic carbocycles. The van der Waals surface area contributed by atoms with E-state index >= 15 is 0 Å². The van der Waals surface area contributed by atoms with E-state index < -0.39 is 23.2 Å². The highest BCUT2D eigenvalue weighted by Crippen LogP contribution is 2.46. The molecule has 1 amide bonds. The number of halogens is 2. The van der Waals surface area contributed by atoms with Crippen LogP contribution in [0.25, 0.3) is 0 Å². The molecule has 2 heterocycles. The molecule has 174 valence electrons. The van der Waals surface area contributed by atoms with E-state index in [0.717, 1.165) is 11.8 Å². The van der Waals surface area contributed by atoms with Crippen LogP contribution in [0.1, 0.15) is 39.1 Å². The van der Waals surface area contributed by atoms with Crippen molar-refractivity contribution in [2.45, 2.75) is 24.5 Å². The summed E-state index contributed by atoms with van der Waals surface area (Å²) in [6, 6.07) is 14.7. The Morgan fingerprint density at radius 3 is 2.53 bits per heavy atom. The Bertz CT molecular complexity index is 1260. The maximum Gasteiger partial charge on any atom is 0.335 e. The first-order valence-corrected chi connectivity index (χ1v) is 11.2. The molecule has 1 aliphatic heterocycles. The van der Waals surface area contributed by atoms with E-state index in [-0.39, 0.29) is 17.2 Å². The number of carboxylic acids is 1. The SMILES string of the molecule is O=C(O)c1ccc(C2(NC(=O)c3cc(F)cnc3N3CC(Oc4cccc(Cl)c4)C3)CC2)cc1. The highest BCUT2D eigenvalue weighted by molar-refractivity contribution is 6.30. The Kier molecular flexibility index (Phi) is 5.61. The number of pyridine rings is 1. The van der Waals surface area contributed by atoms with E-state index in [1.54, 1.807) is 30.3 Å². The fourth-order valence-corrected chi connectivity index (χ4v) is 4.28. The van der Waals surface area contributed by atoms with E-state index in [1.165, 1.54) is 18.2 Å². The first-order chi connectivity index (χ1) is 16.3. The number of carbonyl (C=O) groups is 2. The molecule has 2 N–H and O–H groups in total. The Morgan fingerprint density at radius 1 is 1.15 bits per heavy atom. The van der Waals surface area contributed by atoms with Crippen molar-refractivity contribution in [2.24, 2.45) is 0 Å². The van der Waals surface area contributed by atoms with Gasteiger partial charge in [0.05, 0.1) is 36.0 Å². The van der Waals surface area contributed by atoms with Gasteiger partial charge < -0.3 is 20.1 Å². The fraction of sp³-hybridized carbons (Fsp3) is 0.240. The molecule has 3 aromatic rings. The van der Waals surface area contributed by atoms with Gasteiger partial charge in [-0.2, -0.15) is 0 Å². The second-order valence-corrected chi connectivity index (χ2v) is 8.98. The highest BCUT2D eigenvalue weighted by Gasteiger charge is 2.46. The Hall–Kier alpha value is -3.65. The predicted octanol–water partition coefficient (Wildman–Crippen LogP) is 4.26. The van der Waals surface area contributed by atoms with Crippen molar-refractivity contribution in [3.8, 4) is 5.75 Å². The molecule has 2 aliphatic rings. The van der Waals surface area contributed by atoms with Gasteiger partial charge in [0.1, 0.15) is 23.5 Å². The predicted molar refractivity (Wildman–Crippen MR) is 124 cm³/mol. The third kappa shape index (κ3) is 4.41. The van der Waals surface area contributed by atoms with Crippen molar-refractivity contribution in [3.63, 3.8) is 0 Å². The molecule has 0 unspecified atom stereocenters. The number of benzene rings is 2. The van der Waals surface area contributed by atoms with Gasteiger partial charge in [0.2, 0.25) is 0 Å². The number of anilines is 1. The van der Waals surface area contributed by atoms with Crippen LogP contribution in [0.2, 0.25) is 5.02 Å². The lowest BCUT2D eigenvalue weighted by Gasteiger charge is -2.40. The summed E-state index contributed by atoms with van der Waals surface area (Å²) in [6.07, 6.45) is 2.41. The van der Waals surface area contributed by atoms with Crippen LogP contribution in [0.15, 0.2) is 60.8 Å². The van der Waals surface area contributed by atoms with Crippen molar-refractivity contribution < 1.29 is 23.8 Å². The number of aromatic carboxylic acids is 1. The number of nitrogens with one attached hydrogen (secondary N) is 1. The molecule has 34 heavy (non-hydrogen) atoms. The topological polar surface area (TPSA) is 91.8 Å². The number of nitrogens with zero attached hydrogens (tertiary/aromatic N) is 2. The van der Waals surface area contributed by atoms with Crippen LogP contribution in [0, 0.1) is 5.82 Å². The standard InChI is InChI=1S/C25H21ClFN3O4/c26-17-2-1-3-19(10-17)34-20-13-30(14-20)22-21(11-18(27)12-28-22)23(31)29-25(8-9-25)16-6-4-15(5-7-16)24(32)33/h1-7,10-12,20H,8-9,13-14H2,(H,29,31)(H,32,33). The quantitative estimate of drug-likeness (QED) is 0.524. The molecule has 7 nitrogen and oxygen atoms in total. The van der Waals surface area contributed by atoms with Crippen molar-refractivity contribution in [3.05, 3.63) is 88.3 Å². The molecule has 5 rings (SSSR count). The Balaban J connectivity index is 1.29. The van der Waals surface area contributed by atoms with Crippen LogP contribution in [0.5, 0.6) is 5.75 Å². The lowest BCUT2D eigenvalue weighted by atomic mass is 10.0. The molecular weight excluding hydrogens is 461 g/mol. The average molecular weight is 482 g/mol. The third-order valence-electron chi connectivity index (χ3n) is 6.11. The number of aromatic nitrogens is 1. The fourth-order valence-electron chi connectivity index (χ4n) is 4.10. The first kappa shape index (κ1) is 22.2. The summed E-state index contributed by atoms with van der Waals surface area (Å²) < 4.78 is 19.9. The maximum atomic E-state index is 14.0. The minimum atomic E-state index is -1.01. The molecular formula is C25H21ClFN3O4. The van der Waals surface area contributed by atoms with E-state index in [4.69, 9.17) is 21.4 Å². The largest absolute Gasteiger partial charge is 0.487 e. The second kappa shape index (κ2) is 8.61. The van der Waals surface area contributed by atoms with E-state index in [1.807, 2.05) is 11.0 Å². The minimum Gasteiger partial charge on any atom is -0.487 e. The summed E-state index contributed by atoms with van der Waals surface area (Å²) in [5.41, 5.74) is 0.547. The molecule has 1 saturated heterocycles. The van der Waals surface area contributed by atoms with Gasteiger partial charge in [-0.25, -0.2) is 14.2 Å². The summed E-state index contributed by atoms with van der Waals surface area (Å²) >= 11 is 6.00. The molecule has 9 heteroatoms. The lowest BCUT2D eigenvalue weighted by Crippen LogP contribution is -2.55. The monoisotopic (exact) mass is 481 g/mol. The van der Waals surface area contributed by atoms with Gasteiger partial charge in [-0.1, -0.05) is 29.8 Å². The van der Waals surface area contributed by atoms with Crippen molar-refractivity contribution in [1.29, 1.82) is 0 Å². The number of amides is 1. The molecule has 2 fully saturated rings. The molecule has 1 aliphatic carbocycles. The van der Waals surface area contributed by atoms with Gasteiger partial charge in [0.15, 0.2) is 0 Å². The van der Waals surface area contributed by atoms with E-state index in [9.17, 15) is 14.0 Å². The summed E-state index contributed by atoms with van der Waals surface area (Å²) in [7, 11) is 0. The van der Waals surface area contributed by atoms with Crippen LogP contribution in [-0.2, 0) is 5.54 Å². The molecule has 0 bridgehead atoms. The maximum absolute atomic E-state index is 14.0. The second-order valence-electron chi connectivity index (χ2n) is 8.55. The number of hydrogen-bond acceptors (Lipinski definition) is 5. The van der Waals surface area contributed by atoms with Crippen LogP contribution < -0.4 is 15.0 Å². The number of carboxylic acid groups (broad SMARTS) is 1. The zero-order valence-electron chi connectivity index (χ0n) is 18.0. The van der Waals surface area contributed by atoms with E-state index in [0.29, 0.717) is 42.5 Å². The number of ether oxygens (including phenoxy) is 1. The van der Waals surface area contributed by atoms with Crippen LogP contribution >= 0.6 is 11.6 Å². The van der Waals surface area contributed by atoms with Gasteiger partial charge >= 0.3 is 5.97 Å². The van der Waals surface area contributed by atoms with Gasteiger partial charge in [0, 0.05) is 5.02 Å². The van der Waals surface area contributed by atoms with Crippen molar-refractivity contribution >= 4 is 29.3 Å². The summed E-state index contributed by atoms with van der Waals surface area (Å²) in [5, 5.41) is 12.7. The Morgan fingerprint density at radius 2 is 1.88 bits per heavy atom. The Labute approximate surface area is 200 Å². The van der Waals surface area contributed by atoms with Crippen molar-refractivity contribution in [2.75, 3.05) is 18.0 Å². The highest BCUT2D eigenvalue weighted by atomic mass is 35.5. The molecule has 0 spiro atoms. The van der Waals surface area contributed by atoms with Gasteiger partial charge in [-0.15, -0.1) is 0 Å². The smallest absolute Gasteiger partial charge is 0.335 e. The number of hydrogen-bond donors (Lipinski definition) is 2. The first-order valence-electron chi connectivity index (χ1n) is 10.8. The summed E-state index contributed by atoms with van der Waals surface area (Å²) in [5.74, 6) is -0.991. The third-order valence-corrected chi connectivity index (χ3v) is 6.35. The zero-order valence-corrected chi connectivity index (χ0v) is 18.8. The molecule has 1 aromatic heterocycles. The van der Waals surface area contributed by atoms with Crippen LogP contribution in [-0.4, -0.2) is 41.2 Å². The zero-order chi connectivity index (χ0) is 23.9. The van der Waals surface area contributed by atoms with Crippen LogP contribution in [0.4, 0.5) is 10.2 Å².